The summed E-state index contributed by atoms with van der Waals surface area (Å²) in [5.74, 6) is -1.06. The predicted molar refractivity (Wildman–Crippen MR) is 98.0 cm³/mol. The topological polar surface area (TPSA) is 114 Å². The third-order valence-electron chi connectivity index (χ3n) is 3.19. The number of thiazole rings is 1. The van der Waals surface area contributed by atoms with Gasteiger partial charge < -0.3 is 4.74 Å². The lowest BCUT2D eigenvalue weighted by Gasteiger charge is -2.10. The highest BCUT2D eigenvalue weighted by atomic mass is 32.2. The molecule has 2 rings (SSSR count). The van der Waals surface area contributed by atoms with Gasteiger partial charge in [0, 0.05) is 11.6 Å². The van der Waals surface area contributed by atoms with Gasteiger partial charge in [-0.2, -0.15) is 0 Å². The Balaban J connectivity index is 2.23. The van der Waals surface area contributed by atoms with Crippen LogP contribution in [0.15, 0.2) is 29.2 Å². The number of sulfonamides is 1. The molecule has 0 aliphatic heterocycles. The molecule has 1 aromatic carbocycles. The lowest BCUT2D eigenvalue weighted by atomic mass is 10.2. The molecular weight excluding hydrogens is 378 g/mol. The van der Waals surface area contributed by atoms with Crippen LogP contribution < -0.4 is 10.0 Å². The van der Waals surface area contributed by atoms with Crippen molar-refractivity contribution in [3.05, 3.63) is 40.4 Å². The van der Waals surface area contributed by atoms with Crippen LogP contribution in [0.25, 0.3) is 0 Å². The zero-order chi connectivity index (χ0) is 19.5. The Bertz CT molecular complexity index is 935. The first kappa shape index (κ1) is 20.0. The van der Waals surface area contributed by atoms with Gasteiger partial charge in [-0.3, -0.25) is 10.1 Å². The highest BCUT2D eigenvalue weighted by molar-refractivity contribution is 7.89. The van der Waals surface area contributed by atoms with Crippen LogP contribution in [0.3, 0.4) is 0 Å². The van der Waals surface area contributed by atoms with E-state index in [0.717, 1.165) is 11.3 Å². The van der Waals surface area contributed by atoms with Crippen molar-refractivity contribution in [2.75, 3.05) is 12.4 Å². The third-order valence-corrected chi connectivity index (χ3v) is 5.89. The molecule has 140 valence electrons. The summed E-state index contributed by atoms with van der Waals surface area (Å²) in [5, 5.41) is 2.79. The quantitative estimate of drug-likeness (QED) is 0.722. The van der Waals surface area contributed by atoms with Crippen LogP contribution in [0, 0.1) is 6.92 Å². The van der Waals surface area contributed by atoms with Crippen molar-refractivity contribution < 1.29 is 22.7 Å². The molecule has 0 fully saturated rings. The summed E-state index contributed by atoms with van der Waals surface area (Å²) >= 11 is 0.985. The zero-order valence-corrected chi connectivity index (χ0v) is 16.3. The Morgan fingerprint density at radius 1 is 1.27 bits per heavy atom. The van der Waals surface area contributed by atoms with E-state index < -0.39 is 21.9 Å². The van der Waals surface area contributed by atoms with Gasteiger partial charge in [-0.25, -0.2) is 22.9 Å². The van der Waals surface area contributed by atoms with Crippen molar-refractivity contribution in [1.29, 1.82) is 0 Å². The van der Waals surface area contributed by atoms with Crippen molar-refractivity contribution in [3.63, 3.8) is 0 Å². The van der Waals surface area contributed by atoms with E-state index in [1.54, 1.807) is 20.8 Å². The lowest BCUT2D eigenvalue weighted by Crippen LogP contribution is -2.30. The van der Waals surface area contributed by atoms with Crippen LogP contribution in [0.5, 0.6) is 0 Å². The normalized spacial score (nSPS) is 11.4. The molecule has 0 bridgehead atoms. The van der Waals surface area contributed by atoms with E-state index in [0.29, 0.717) is 10.6 Å². The predicted octanol–water partition coefficient (Wildman–Crippen LogP) is 2.18. The number of esters is 1. The van der Waals surface area contributed by atoms with Crippen molar-refractivity contribution >= 4 is 38.4 Å². The first-order chi connectivity index (χ1) is 12.1. The molecule has 0 saturated carbocycles. The first-order valence-electron chi connectivity index (χ1n) is 7.63. The maximum absolute atomic E-state index is 12.4. The van der Waals surface area contributed by atoms with Crippen molar-refractivity contribution in [2.24, 2.45) is 0 Å². The van der Waals surface area contributed by atoms with Crippen LogP contribution in [0.4, 0.5) is 5.13 Å². The number of nitrogens with one attached hydrogen (secondary N) is 2. The fourth-order valence-corrected chi connectivity index (χ4v) is 4.26. The van der Waals surface area contributed by atoms with E-state index in [4.69, 9.17) is 0 Å². The maximum atomic E-state index is 12.4. The number of rotatable bonds is 6. The largest absolute Gasteiger partial charge is 0.465 e. The second-order valence-electron chi connectivity index (χ2n) is 5.68. The minimum absolute atomic E-state index is 0.00980. The van der Waals surface area contributed by atoms with Gasteiger partial charge in [-0.05, 0) is 39.0 Å². The van der Waals surface area contributed by atoms with Crippen molar-refractivity contribution in [2.45, 2.75) is 31.7 Å². The highest BCUT2D eigenvalue weighted by Crippen LogP contribution is 2.24. The Labute approximate surface area is 155 Å². The van der Waals surface area contributed by atoms with Gasteiger partial charge in [0.15, 0.2) is 5.13 Å². The Kier molecular flexibility index (Phi) is 6.11. The van der Waals surface area contributed by atoms with E-state index in [1.165, 1.54) is 31.4 Å². The van der Waals surface area contributed by atoms with Gasteiger partial charge in [0.1, 0.15) is 4.88 Å². The number of anilines is 1. The molecule has 8 nitrogen and oxygen atoms in total. The molecule has 0 aliphatic rings. The molecule has 10 heteroatoms. The molecule has 1 aromatic heterocycles. The fourth-order valence-electron chi connectivity index (χ4n) is 2.08. The molecule has 0 unspecified atom stereocenters. The van der Waals surface area contributed by atoms with Crippen LogP contribution in [-0.2, 0) is 14.8 Å². The van der Waals surface area contributed by atoms with E-state index in [-0.39, 0.29) is 21.6 Å². The second kappa shape index (κ2) is 7.94. The number of aryl methyl sites for hydroxylation is 1. The number of amides is 1. The number of hydrogen-bond acceptors (Lipinski definition) is 7. The Hall–Kier alpha value is -2.30. The van der Waals surface area contributed by atoms with E-state index in [2.05, 4.69) is 19.8 Å². The number of carbonyl (C=O) groups is 2. The number of aromatic nitrogens is 1. The average Bonchev–Trinajstić information content (AvgIpc) is 2.93. The minimum atomic E-state index is -3.71. The summed E-state index contributed by atoms with van der Waals surface area (Å²) < 4.78 is 31.6. The number of benzene rings is 1. The summed E-state index contributed by atoms with van der Waals surface area (Å²) in [4.78, 5) is 28.4. The molecule has 0 spiro atoms. The third kappa shape index (κ3) is 4.65. The number of ether oxygens (including phenoxy) is 1. The summed E-state index contributed by atoms with van der Waals surface area (Å²) in [6, 6.07) is 5.39. The molecule has 0 aliphatic carbocycles. The zero-order valence-electron chi connectivity index (χ0n) is 14.7. The molecule has 0 saturated heterocycles. The molecule has 0 radical (unpaired) electrons. The summed E-state index contributed by atoms with van der Waals surface area (Å²) in [6.45, 7) is 5.04. The highest BCUT2D eigenvalue weighted by Gasteiger charge is 2.20. The van der Waals surface area contributed by atoms with Crippen LogP contribution in [-0.4, -0.2) is 38.4 Å². The monoisotopic (exact) mass is 397 g/mol. The second-order valence-corrected chi connectivity index (χ2v) is 8.40. The van der Waals surface area contributed by atoms with Gasteiger partial charge in [0.25, 0.3) is 5.91 Å². The smallest absolute Gasteiger partial charge is 0.350 e. The van der Waals surface area contributed by atoms with E-state index in [9.17, 15) is 18.0 Å². The van der Waals surface area contributed by atoms with E-state index in [1.807, 2.05) is 0 Å². The molecule has 26 heavy (non-hydrogen) atoms. The van der Waals surface area contributed by atoms with Crippen LogP contribution in [0.1, 0.15) is 39.6 Å². The molecule has 2 N–H and O–H groups in total. The Morgan fingerprint density at radius 2 is 1.96 bits per heavy atom. The van der Waals surface area contributed by atoms with Crippen molar-refractivity contribution in [3.8, 4) is 0 Å². The lowest BCUT2D eigenvalue weighted by molar-refractivity contribution is 0.0605. The SMILES string of the molecule is COC(=O)c1sc(NC(=O)c2cccc(S(=O)(=O)NC(C)C)c2)nc1C. The first-order valence-corrected chi connectivity index (χ1v) is 9.93. The van der Waals surface area contributed by atoms with Gasteiger partial charge in [0.2, 0.25) is 10.0 Å². The molecular formula is C16H19N3O5S2. The molecule has 0 atom stereocenters. The maximum Gasteiger partial charge on any atom is 0.350 e. The van der Waals surface area contributed by atoms with Gasteiger partial charge in [-0.15, -0.1) is 0 Å². The van der Waals surface area contributed by atoms with Crippen molar-refractivity contribution in [1.82, 2.24) is 9.71 Å². The number of hydrogen-bond donors (Lipinski definition) is 2. The standard InChI is InChI=1S/C16H19N3O5S2/c1-9(2)19-26(22,23)12-7-5-6-11(8-12)14(20)18-16-17-10(3)13(25-16)15(21)24-4/h5-9,19H,1-4H3,(H,17,18,20). The average molecular weight is 397 g/mol. The van der Waals surface area contributed by atoms with Crippen LogP contribution in [0.2, 0.25) is 0 Å². The molecule has 2 aromatic rings. The summed E-state index contributed by atoms with van der Waals surface area (Å²) in [5.41, 5.74) is 0.596. The summed E-state index contributed by atoms with van der Waals surface area (Å²) in [7, 11) is -2.45. The molecule has 1 amide bonds. The van der Waals surface area contributed by atoms with Gasteiger partial charge in [0.05, 0.1) is 17.7 Å². The fraction of sp³-hybridized carbons (Fsp3) is 0.312. The van der Waals surface area contributed by atoms with Gasteiger partial charge in [-0.1, -0.05) is 17.4 Å². The van der Waals surface area contributed by atoms with Gasteiger partial charge >= 0.3 is 5.97 Å². The number of nitrogens with zero attached hydrogens (tertiary/aromatic N) is 1. The Morgan fingerprint density at radius 3 is 2.58 bits per heavy atom. The minimum Gasteiger partial charge on any atom is -0.465 e. The summed E-state index contributed by atoms with van der Waals surface area (Å²) in [6.07, 6.45) is 0. The van der Waals surface area contributed by atoms with Crippen LogP contribution >= 0.6 is 11.3 Å². The number of methoxy groups -OCH3 is 1. The number of carbonyl (C=O) groups excluding carboxylic acids is 2. The molecule has 1 heterocycles. The van der Waals surface area contributed by atoms with E-state index >= 15 is 0 Å².